The maximum absolute atomic E-state index is 13.5. The molecular weight excluding hydrogens is 559 g/mol. The van der Waals surface area contributed by atoms with Crippen LogP contribution in [0.1, 0.15) is 17.0 Å². The van der Waals surface area contributed by atoms with Crippen LogP contribution in [0, 0.1) is 13.8 Å². The zero-order chi connectivity index (χ0) is 28.2. The molecule has 0 unspecified atom stereocenters. The van der Waals surface area contributed by atoms with Gasteiger partial charge >= 0.3 is 0 Å². The fraction of sp³-hybridized carbons (Fsp3) is 0.143. The van der Waals surface area contributed by atoms with Crippen LogP contribution in [-0.2, 0) is 14.8 Å². The molecule has 0 saturated heterocycles. The molecule has 0 bridgehead atoms. The summed E-state index contributed by atoms with van der Waals surface area (Å²) in [6.07, 6.45) is 1.50. The summed E-state index contributed by atoms with van der Waals surface area (Å²) in [4.78, 5) is 12.9. The second-order valence-electron chi connectivity index (χ2n) is 8.55. The van der Waals surface area contributed by atoms with E-state index < -0.39 is 22.5 Å². The number of nitrogens with zero attached hydrogens (tertiary/aromatic N) is 3. The fourth-order valence-electron chi connectivity index (χ4n) is 4.08. The summed E-state index contributed by atoms with van der Waals surface area (Å²) in [7, 11) is -2.57. The molecule has 0 radical (unpaired) electrons. The molecule has 0 aliphatic heterocycles. The van der Waals surface area contributed by atoms with Gasteiger partial charge in [0.2, 0.25) is 0 Å². The molecule has 4 aromatic rings. The number of hydrazone groups is 1. The first-order valence-corrected chi connectivity index (χ1v) is 14.0. The first-order valence-electron chi connectivity index (χ1n) is 11.8. The van der Waals surface area contributed by atoms with Crippen molar-refractivity contribution in [2.45, 2.75) is 18.7 Å². The van der Waals surface area contributed by atoms with E-state index in [1.165, 1.54) is 25.5 Å². The van der Waals surface area contributed by atoms with Crippen molar-refractivity contribution in [3.63, 3.8) is 0 Å². The minimum absolute atomic E-state index is 0.0237. The van der Waals surface area contributed by atoms with Crippen LogP contribution >= 0.6 is 23.2 Å². The minimum Gasteiger partial charge on any atom is -0.497 e. The van der Waals surface area contributed by atoms with E-state index in [2.05, 4.69) is 10.5 Å². The van der Waals surface area contributed by atoms with Gasteiger partial charge in [0.25, 0.3) is 15.9 Å². The van der Waals surface area contributed by atoms with Gasteiger partial charge in [-0.15, -0.1) is 0 Å². The molecule has 202 valence electrons. The molecule has 0 spiro atoms. The average Bonchev–Trinajstić information content (AvgIpc) is 3.21. The number of halogens is 2. The molecule has 1 N–H and O–H groups in total. The molecule has 1 heterocycles. The Hall–Kier alpha value is -3.79. The van der Waals surface area contributed by atoms with E-state index in [1.54, 1.807) is 48.5 Å². The highest BCUT2D eigenvalue weighted by Crippen LogP contribution is 2.31. The third-order valence-electron chi connectivity index (χ3n) is 6.01. The van der Waals surface area contributed by atoms with Crippen LogP contribution in [0.5, 0.6) is 5.75 Å². The summed E-state index contributed by atoms with van der Waals surface area (Å²) in [6.45, 7) is 3.33. The van der Waals surface area contributed by atoms with E-state index in [4.69, 9.17) is 27.9 Å². The van der Waals surface area contributed by atoms with E-state index in [1.807, 2.05) is 36.6 Å². The lowest BCUT2D eigenvalue weighted by molar-refractivity contribution is -0.119. The lowest BCUT2D eigenvalue weighted by atomic mass is 10.2. The summed E-state index contributed by atoms with van der Waals surface area (Å²) in [5.74, 6) is -0.0943. The number of hydrogen-bond acceptors (Lipinski definition) is 5. The van der Waals surface area contributed by atoms with Crippen molar-refractivity contribution in [3.05, 3.63) is 106 Å². The molecule has 0 fully saturated rings. The lowest BCUT2D eigenvalue weighted by Gasteiger charge is -2.23. The Bertz CT molecular complexity index is 1620. The number of sulfonamides is 1. The number of anilines is 1. The molecule has 1 amide bonds. The average molecular weight is 586 g/mol. The Morgan fingerprint density at radius 3 is 2.38 bits per heavy atom. The number of benzene rings is 3. The summed E-state index contributed by atoms with van der Waals surface area (Å²) in [6, 6.07) is 21.6. The number of hydrogen-bond donors (Lipinski definition) is 1. The van der Waals surface area contributed by atoms with Crippen LogP contribution in [0.3, 0.4) is 0 Å². The summed E-state index contributed by atoms with van der Waals surface area (Å²) < 4.78 is 35.1. The van der Waals surface area contributed by atoms with Gasteiger partial charge in [-0.25, -0.2) is 13.8 Å². The van der Waals surface area contributed by atoms with E-state index in [-0.39, 0.29) is 4.90 Å². The molecule has 0 saturated carbocycles. The van der Waals surface area contributed by atoms with Gasteiger partial charge in [-0.05, 0) is 68.4 Å². The number of ether oxygens (including phenoxy) is 1. The molecule has 0 aliphatic rings. The molecule has 39 heavy (non-hydrogen) atoms. The maximum atomic E-state index is 13.5. The van der Waals surface area contributed by atoms with Crippen LogP contribution in [0.4, 0.5) is 5.69 Å². The molecule has 11 heteroatoms. The molecule has 8 nitrogen and oxygen atoms in total. The summed E-state index contributed by atoms with van der Waals surface area (Å²) in [5.41, 5.74) is 5.98. The highest BCUT2D eigenvalue weighted by atomic mass is 35.5. The van der Waals surface area contributed by atoms with E-state index in [0.717, 1.165) is 26.9 Å². The van der Waals surface area contributed by atoms with Crippen molar-refractivity contribution < 1.29 is 17.9 Å². The smallest absolute Gasteiger partial charge is 0.264 e. The summed E-state index contributed by atoms with van der Waals surface area (Å²) >= 11 is 12.6. The zero-order valence-electron chi connectivity index (χ0n) is 21.4. The van der Waals surface area contributed by atoms with Crippen molar-refractivity contribution >= 4 is 51.0 Å². The first kappa shape index (κ1) is 28.2. The number of nitrogens with one attached hydrogen (secondary N) is 1. The van der Waals surface area contributed by atoms with Gasteiger partial charge in [0.1, 0.15) is 12.3 Å². The Morgan fingerprint density at radius 1 is 1.03 bits per heavy atom. The highest BCUT2D eigenvalue weighted by molar-refractivity contribution is 7.92. The van der Waals surface area contributed by atoms with Crippen molar-refractivity contribution in [3.8, 4) is 11.4 Å². The number of methoxy groups -OCH3 is 1. The monoisotopic (exact) mass is 584 g/mol. The number of aryl methyl sites for hydroxylation is 1. The van der Waals surface area contributed by atoms with Gasteiger partial charge in [-0.3, -0.25) is 9.10 Å². The molecule has 1 aromatic heterocycles. The maximum Gasteiger partial charge on any atom is 0.264 e. The molecular formula is C28H26Cl2N4O4S. The lowest BCUT2D eigenvalue weighted by Crippen LogP contribution is -2.39. The Kier molecular flexibility index (Phi) is 8.64. The fourth-order valence-corrected chi connectivity index (χ4v) is 5.88. The normalized spacial score (nSPS) is 11.5. The Balaban J connectivity index is 1.55. The van der Waals surface area contributed by atoms with Gasteiger partial charge in [-0.2, -0.15) is 5.10 Å². The summed E-state index contributed by atoms with van der Waals surface area (Å²) in [5, 5.41) is 4.95. The number of para-hydroxylation sites is 1. The largest absolute Gasteiger partial charge is 0.497 e. The van der Waals surface area contributed by atoms with Crippen LogP contribution in [-0.4, -0.2) is 38.8 Å². The van der Waals surface area contributed by atoms with Crippen LogP contribution in [0.15, 0.2) is 88.9 Å². The SMILES string of the molecule is COc1ccc(S(=O)(=O)N(CC(=O)N/N=C\c2cc(C)n(-c3cccc(Cl)c3Cl)c2C)c2ccccc2)cc1. The van der Waals surface area contributed by atoms with Crippen molar-refractivity contribution in [1.29, 1.82) is 0 Å². The zero-order valence-corrected chi connectivity index (χ0v) is 23.8. The quantitative estimate of drug-likeness (QED) is 0.200. The first-order chi connectivity index (χ1) is 18.6. The topological polar surface area (TPSA) is 93.0 Å². The molecule has 0 aliphatic carbocycles. The number of aromatic nitrogens is 1. The third kappa shape index (κ3) is 6.11. The predicted octanol–water partition coefficient (Wildman–Crippen LogP) is 5.76. The van der Waals surface area contributed by atoms with Gasteiger partial charge < -0.3 is 9.30 Å². The van der Waals surface area contributed by atoms with Crippen LogP contribution in [0.2, 0.25) is 10.0 Å². The molecule has 0 atom stereocenters. The third-order valence-corrected chi connectivity index (χ3v) is 8.61. The van der Waals surface area contributed by atoms with Gasteiger partial charge in [0, 0.05) is 17.0 Å². The molecule has 3 aromatic carbocycles. The standard InChI is InChI=1S/C28H26Cl2N4O4S/c1-19-16-21(20(2)34(19)26-11-7-10-25(29)28(26)30)17-31-32-27(35)18-33(22-8-5-4-6-9-22)39(36,37)24-14-12-23(38-3)13-15-24/h4-17H,18H2,1-3H3,(H,32,35)/b31-17-. The number of carbonyl (C=O) groups is 1. The highest BCUT2D eigenvalue weighted by Gasteiger charge is 2.27. The van der Waals surface area contributed by atoms with Crippen LogP contribution < -0.4 is 14.5 Å². The van der Waals surface area contributed by atoms with Gasteiger partial charge in [0.15, 0.2) is 0 Å². The Labute approximate surface area is 237 Å². The van der Waals surface area contributed by atoms with Crippen molar-refractivity contribution in [2.24, 2.45) is 5.10 Å². The Morgan fingerprint density at radius 2 is 1.72 bits per heavy atom. The van der Waals surface area contributed by atoms with Gasteiger partial charge in [0.05, 0.1) is 39.6 Å². The number of rotatable bonds is 9. The van der Waals surface area contributed by atoms with Crippen LogP contribution in [0.25, 0.3) is 5.69 Å². The van der Waals surface area contributed by atoms with Crippen molar-refractivity contribution in [1.82, 2.24) is 9.99 Å². The van der Waals surface area contributed by atoms with E-state index >= 15 is 0 Å². The van der Waals surface area contributed by atoms with E-state index in [9.17, 15) is 13.2 Å². The van der Waals surface area contributed by atoms with Gasteiger partial charge in [-0.1, -0.05) is 47.5 Å². The van der Waals surface area contributed by atoms with E-state index in [0.29, 0.717) is 21.5 Å². The minimum atomic E-state index is -4.06. The number of carbonyl (C=O) groups excluding carboxylic acids is 1. The second-order valence-corrected chi connectivity index (χ2v) is 11.2. The van der Waals surface area contributed by atoms with Crippen molar-refractivity contribution in [2.75, 3.05) is 18.0 Å². The molecule has 4 rings (SSSR count). The number of amides is 1. The second kappa shape index (κ2) is 11.9. The predicted molar refractivity (Wildman–Crippen MR) is 155 cm³/mol.